The number of nitrogens with zero attached hydrogens (tertiary/aromatic N) is 1. The van der Waals surface area contributed by atoms with Crippen LogP contribution in [0.3, 0.4) is 0 Å². The number of benzene rings is 1. The zero-order chi connectivity index (χ0) is 18.0. The first-order valence-corrected chi connectivity index (χ1v) is 8.88. The summed E-state index contributed by atoms with van der Waals surface area (Å²) in [6, 6.07) is 10.8. The topological polar surface area (TPSA) is 70.8 Å². The van der Waals surface area contributed by atoms with E-state index >= 15 is 0 Å². The minimum Gasteiger partial charge on any atom is -0.481 e. The summed E-state index contributed by atoms with van der Waals surface area (Å²) in [6.45, 7) is 0.0559. The molecule has 0 atom stereocenters. The molecule has 0 bridgehead atoms. The van der Waals surface area contributed by atoms with Crippen LogP contribution in [0.5, 0.6) is 0 Å². The van der Waals surface area contributed by atoms with Crippen LogP contribution in [-0.2, 0) is 9.59 Å². The molecule has 128 valence electrons. The number of halogens is 1. The third-order valence-electron chi connectivity index (χ3n) is 3.46. The van der Waals surface area contributed by atoms with Crippen LogP contribution in [0.4, 0.5) is 0 Å². The Kier molecular flexibility index (Phi) is 5.27. The van der Waals surface area contributed by atoms with Crippen molar-refractivity contribution in [3.63, 3.8) is 0 Å². The van der Waals surface area contributed by atoms with Gasteiger partial charge in [0, 0.05) is 18.2 Å². The lowest BCUT2D eigenvalue weighted by Crippen LogP contribution is -2.30. The summed E-state index contributed by atoms with van der Waals surface area (Å²) in [4.78, 5) is 24.7. The Bertz CT molecular complexity index is 890. The van der Waals surface area contributed by atoms with Crippen LogP contribution in [0, 0.1) is 0 Å². The molecule has 1 saturated heterocycles. The Morgan fingerprint density at radius 1 is 1.32 bits per heavy atom. The average molecular weight is 394 g/mol. The normalized spacial score (nSPS) is 16.0. The quantitative estimate of drug-likeness (QED) is 0.604. The van der Waals surface area contributed by atoms with Crippen LogP contribution < -0.4 is 0 Å². The summed E-state index contributed by atoms with van der Waals surface area (Å²) >= 11 is 12.4. The molecule has 2 heterocycles. The molecule has 0 saturated carbocycles. The summed E-state index contributed by atoms with van der Waals surface area (Å²) in [5.41, 5.74) is 0.762. The van der Waals surface area contributed by atoms with E-state index < -0.39 is 5.97 Å². The van der Waals surface area contributed by atoms with Crippen molar-refractivity contribution in [1.82, 2.24) is 4.90 Å². The highest BCUT2D eigenvalue weighted by Crippen LogP contribution is 2.34. The summed E-state index contributed by atoms with van der Waals surface area (Å²) in [7, 11) is 0. The minimum absolute atomic E-state index is 0.0559. The van der Waals surface area contributed by atoms with Gasteiger partial charge in [-0.15, -0.1) is 0 Å². The number of carbonyl (C=O) groups is 2. The summed E-state index contributed by atoms with van der Waals surface area (Å²) in [5, 5.41) is 9.32. The molecule has 1 fully saturated rings. The maximum Gasteiger partial charge on any atom is 0.305 e. The van der Waals surface area contributed by atoms with E-state index in [4.69, 9.17) is 33.3 Å². The second-order valence-corrected chi connectivity index (χ2v) is 7.24. The van der Waals surface area contributed by atoms with Gasteiger partial charge in [-0.1, -0.05) is 47.7 Å². The van der Waals surface area contributed by atoms with Crippen molar-refractivity contribution in [2.24, 2.45) is 0 Å². The molecule has 0 radical (unpaired) electrons. The number of amides is 1. The number of carboxylic acids is 1. The first-order chi connectivity index (χ1) is 12.0. The van der Waals surface area contributed by atoms with Gasteiger partial charge in [-0.05, 0) is 24.3 Å². The van der Waals surface area contributed by atoms with E-state index in [-0.39, 0.29) is 18.9 Å². The number of hydrogen-bond donors (Lipinski definition) is 1. The highest BCUT2D eigenvalue weighted by atomic mass is 35.5. The van der Waals surface area contributed by atoms with Crippen molar-refractivity contribution in [2.45, 2.75) is 6.42 Å². The molecule has 1 aliphatic heterocycles. The molecule has 0 spiro atoms. The average Bonchev–Trinajstić information content (AvgIpc) is 3.12. The zero-order valence-electron chi connectivity index (χ0n) is 12.8. The number of thiocarbonyl (C=S) groups is 1. The lowest BCUT2D eigenvalue weighted by Gasteiger charge is -2.12. The Morgan fingerprint density at radius 3 is 2.80 bits per heavy atom. The Labute approximate surface area is 158 Å². The van der Waals surface area contributed by atoms with E-state index in [2.05, 4.69) is 0 Å². The molecule has 0 unspecified atom stereocenters. The van der Waals surface area contributed by atoms with E-state index in [1.807, 2.05) is 18.2 Å². The van der Waals surface area contributed by atoms with Crippen LogP contribution in [0.15, 0.2) is 45.7 Å². The van der Waals surface area contributed by atoms with E-state index in [1.165, 1.54) is 4.90 Å². The standard InChI is InChI=1S/C17H12ClNO4S2/c18-12-4-2-1-3-11(12)13-6-5-10(23-13)9-14-16(22)19(17(24)25-14)8-7-15(20)21/h1-6,9H,7-8H2,(H,20,21)/b14-9+. The van der Waals surface area contributed by atoms with E-state index in [0.29, 0.717) is 25.8 Å². The first-order valence-electron chi connectivity index (χ1n) is 7.27. The second kappa shape index (κ2) is 7.43. The van der Waals surface area contributed by atoms with Crippen LogP contribution in [-0.4, -0.2) is 32.7 Å². The van der Waals surface area contributed by atoms with Gasteiger partial charge in [0.2, 0.25) is 0 Å². The lowest BCUT2D eigenvalue weighted by atomic mass is 10.2. The Morgan fingerprint density at radius 2 is 2.08 bits per heavy atom. The predicted octanol–water partition coefficient (Wildman–Crippen LogP) is 4.28. The lowest BCUT2D eigenvalue weighted by molar-refractivity contribution is -0.137. The number of aliphatic carboxylic acids is 1. The van der Waals surface area contributed by atoms with Crippen LogP contribution in [0.1, 0.15) is 12.2 Å². The van der Waals surface area contributed by atoms with Gasteiger partial charge >= 0.3 is 5.97 Å². The van der Waals surface area contributed by atoms with Crippen molar-refractivity contribution >= 4 is 57.9 Å². The molecule has 1 N–H and O–H groups in total. The number of carbonyl (C=O) groups excluding carboxylic acids is 1. The van der Waals surface area contributed by atoms with Gasteiger partial charge in [-0.25, -0.2) is 0 Å². The fraction of sp³-hybridized carbons (Fsp3) is 0.118. The molecule has 2 aromatic rings. The van der Waals surface area contributed by atoms with Crippen molar-refractivity contribution in [3.05, 3.63) is 52.1 Å². The third-order valence-corrected chi connectivity index (χ3v) is 5.17. The Balaban J connectivity index is 1.80. The summed E-state index contributed by atoms with van der Waals surface area (Å²) < 4.78 is 6.09. The predicted molar refractivity (Wildman–Crippen MR) is 101 cm³/mol. The number of thioether (sulfide) groups is 1. The van der Waals surface area contributed by atoms with Crippen LogP contribution >= 0.6 is 35.6 Å². The molecular weight excluding hydrogens is 382 g/mol. The first kappa shape index (κ1) is 17.7. The molecule has 1 aliphatic rings. The SMILES string of the molecule is O=C(O)CCN1C(=O)/C(=C\c2ccc(-c3ccccc3Cl)o2)SC1=S. The fourth-order valence-corrected chi connectivity index (χ4v) is 3.78. The largest absolute Gasteiger partial charge is 0.481 e. The van der Waals surface area contributed by atoms with Gasteiger partial charge < -0.3 is 9.52 Å². The molecular formula is C17H12ClNO4S2. The van der Waals surface area contributed by atoms with Crippen molar-refractivity contribution < 1.29 is 19.1 Å². The molecule has 1 aromatic heterocycles. The van der Waals surface area contributed by atoms with Crippen LogP contribution in [0.2, 0.25) is 5.02 Å². The Hall–Kier alpha value is -2.09. The fourth-order valence-electron chi connectivity index (χ4n) is 2.27. The smallest absolute Gasteiger partial charge is 0.305 e. The van der Waals surface area contributed by atoms with Gasteiger partial charge in [-0.3, -0.25) is 14.5 Å². The maximum absolute atomic E-state index is 12.4. The molecule has 0 aliphatic carbocycles. The summed E-state index contributed by atoms with van der Waals surface area (Å²) in [6.07, 6.45) is 1.44. The number of carboxylic acid groups (broad SMARTS) is 1. The number of rotatable bonds is 5. The zero-order valence-corrected chi connectivity index (χ0v) is 15.2. The van der Waals surface area contributed by atoms with Gasteiger partial charge in [0.15, 0.2) is 0 Å². The molecule has 8 heteroatoms. The van der Waals surface area contributed by atoms with Gasteiger partial charge in [0.1, 0.15) is 15.8 Å². The van der Waals surface area contributed by atoms with Crippen molar-refractivity contribution in [1.29, 1.82) is 0 Å². The monoisotopic (exact) mass is 393 g/mol. The third kappa shape index (κ3) is 3.95. The van der Waals surface area contributed by atoms with Gasteiger partial charge in [0.25, 0.3) is 5.91 Å². The van der Waals surface area contributed by atoms with Crippen molar-refractivity contribution in [2.75, 3.05) is 6.54 Å². The minimum atomic E-state index is -0.978. The number of hydrogen-bond acceptors (Lipinski definition) is 5. The second-order valence-electron chi connectivity index (χ2n) is 5.16. The van der Waals surface area contributed by atoms with E-state index in [0.717, 1.165) is 17.3 Å². The number of furan rings is 1. The van der Waals surface area contributed by atoms with E-state index in [1.54, 1.807) is 24.3 Å². The molecule has 5 nitrogen and oxygen atoms in total. The highest BCUT2D eigenvalue weighted by Gasteiger charge is 2.32. The van der Waals surface area contributed by atoms with Gasteiger partial charge in [-0.2, -0.15) is 0 Å². The molecule has 1 aromatic carbocycles. The highest BCUT2D eigenvalue weighted by molar-refractivity contribution is 8.26. The van der Waals surface area contributed by atoms with Gasteiger partial charge in [0.05, 0.1) is 16.3 Å². The molecule has 25 heavy (non-hydrogen) atoms. The van der Waals surface area contributed by atoms with Crippen molar-refractivity contribution in [3.8, 4) is 11.3 Å². The molecule has 3 rings (SSSR count). The molecule has 1 amide bonds. The van der Waals surface area contributed by atoms with E-state index in [9.17, 15) is 9.59 Å². The maximum atomic E-state index is 12.4. The summed E-state index contributed by atoms with van der Waals surface area (Å²) in [5.74, 6) is -0.202. The van der Waals surface area contributed by atoms with Crippen LogP contribution in [0.25, 0.3) is 17.4 Å².